The molecule has 0 aliphatic rings. The van der Waals surface area contributed by atoms with E-state index in [1.807, 2.05) is 0 Å². The van der Waals surface area contributed by atoms with Gasteiger partial charge in [0.15, 0.2) is 6.10 Å². The van der Waals surface area contributed by atoms with E-state index in [0.29, 0.717) is 11.3 Å². The van der Waals surface area contributed by atoms with Gasteiger partial charge in [0.2, 0.25) is 11.7 Å². The number of hydrogen-bond donors (Lipinski definition) is 2. The lowest BCUT2D eigenvalue weighted by Crippen LogP contribution is -2.24. The molecule has 1 atom stereocenters. The van der Waals surface area contributed by atoms with Crippen molar-refractivity contribution < 1.29 is 19.1 Å². The Labute approximate surface area is 141 Å². The number of benzene rings is 1. The lowest BCUT2D eigenvalue weighted by atomic mass is 10.1. The molecule has 7 heteroatoms. The molecule has 0 bridgehead atoms. The monoisotopic (exact) mass is 378 g/mol. The topological polar surface area (TPSA) is 88.3 Å². The number of carbonyl (C=O) groups excluding carboxylic acids is 3. The van der Waals surface area contributed by atoms with Crippen molar-refractivity contribution in [2.75, 3.05) is 5.32 Å². The number of amides is 1. The largest absolute Gasteiger partial charge is 0.450 e. The van der Waals surface area contributed by atoms with Gasteiger partial charge in [0.05, 0.1) is 0 Å². The molecule has 6 nitrogen and oxygen atoms in total. The normalized spacial score (nSPS) is 11.6. The highest BCUT2D eigenvalue weighted by molar-refractivity contribution is 9.10. The molecule has 2 aromatic rings. The van der Waals surface area contributed by atoms with Crippen LogP contribution in [-0.4, -0.2) is 28.7 Å². The van der Waals surface area contributed by atoms with E-state index in [9.17, 15) is 14.4 Å². The Morgan fingerprint density at radius 3 is 2.39 bits per heavy atom. The summed E-state index contributed by atoms with van der Waals surface area (Å²) in [4.78, 5) is 37.9. The van der Waals surface area contributed by atoms with Gasteiger partial charge in [0, 0.05) is 28.8 Å². The van der Waals surface area contributed by atoms with E-state index in [0.717, 1.165) is 4.47 Å². The van der Waals surface area contributed by atoms with E-state index in [4.69, 9.17) is 4.74 Å². The second-order valence-electron chi connectivity index (χ2n) is 4.90. The predicted octanol–water partition coefficient (Wildman–Crippen LogP) is 3.16. The highest BCUT2D eigenvalue weighted by Gasteiger charge is 2.21. The molecular formula is C16H15BrN2O4. The smallest absolute Gasteiger partial charge is 0.355 e. The summed E-state index contributed by atoms with van der Waals surface area (Å²) in [5.74, 6) is -1.12. The van der Waals surface area contributed by atoms with Crippen LogP contribution in [0.3, 0.4) is 0 Å². The van der Waals surface area contributed by atoms with Crippen molar-refractivity contribution in [2.45, 2.75) is 20.0 Å². The van der Waals surface area contributed by atoms with Gasteiger partial charge < -0.3 is 15.0 Å². The summed E-state index contributed by atoms with van der Waals surface area (Å²) < 4.78 is 5.87. The standard InChI is InChI=1S/C16H15BrN2O4/c1-9(23-16(22)14-7-12(17)8-18-14)15(21)11-3-5-13(6-4-11)19-10(2)20/h3-9,18H,1-2H3,(H,19,20). The van der Waals surface area contributed by atoms with Crippen LogP contribution >= 0.6 is 15.9 Å². The van der Waals surface area contributed by atoms with Crippen LogP contribution in [0.4, 0.5) is 5.69 Å². The molecule has 0 radical (unpaired) electrons. The summed E-state index contributed by atoms with van der Waals surface area (Å²) in [5.41, 5.74) is 1.25. The summed E-state index contributed by atoms with van der Waals surface area (Å²) in [7, 11) is 0. The molecule has 1 aromatic carbocycles. The number of hydrogen-bond acceptors (Lipinski definition) is 4. The molecule has 0 spiro atoms. The van der Waals surface area contributed by atoms with Crippen molar-refractivity contribution in [3.05, 3.63) is 52.3 Å². The lowest BCUT2D eigenvalue weighted by molar-refractivity contribution is -0.114. The zero-order valence-electron chi connectivity index (χ0n) is 12.6. The second kappa shape index (κ2) is 7.23. The Morgan fingerprint density at radius 1 is 1.22 bits per heavy atom. The van der Waals surface area contributed by atoms with E-state index in [1.165, 1.54) is 13.8 Å². The van der Waals surface area contributed by atoms with Gasteiger partial charge in [-0.3, -0.25) is 9.59 Å². The number of ketones is 1. The average molecular weight is 379 g/mol. The van der Waals surface area contributed by atoms with Crippen molar-refractivity contribution in [2.24, 2.45) is 0 Å². The number of esters is 1. The van der Waals surface area contributed by atoms with Crippen LogP contribution < -0.4 is 5.32 Å². The van der Waals surface area contributed by atoms with Gasteiger partial charge >= 0.3 is 5.97 Å². The van der Waals surface area contributed by atoms with Gasteiger partial charge in [-0.25, -0.2) is 4.79 Å². The average Bonchev–Trinajstić information content (AvgIpc) is 2.93. The molecule has 0 saturated heterocycles. The maximum Gasteiger partial charge on any atom is 0.355 e. The number of carbonyl (C=O) groups is 3. The molecule has 120 valence electrons. The van der Waals surface area contributed by atoms with E-state index < -0.39 is 12.1 Å². The fourth-order valence-corrected chi connectivity index (χ4v) is 2.26. The molecule has 2 N–H and O–H groups in total. The number of halogens is 1. The van der Waals surface area contributed by atoms with Gasteiger partial charge in [-0.2, -0.15) is 0 Å². The van der Waals surface area contributed by atoms with Crippen LogP contribution in [0, 0.1) is 0 Å². The Hall–Kier alpha value is -2.41. The minimum absolute atomic E-state index is 0.191. The molecular weight excluding hydrogens is 364 g/mol. The van der Waals surface area contributed by atoms with Gasteiger partial charge in [-0.05, 0) is 53.2 Å². The fourth-order valence-electron chi connectivity index (χ4n) is 1.92. The maximum absolute atomic E-state index is 12.3. The number of rotatable bonds is 5. The zero-order chi connectivity index (χ0) is 17.0. The van der Waals surface area contributed by atoms with E-state index in [1.54, 1.807) is 36.5 Å². The van der Waals surface area contributed by atoms with Crippen molar-refractivity contribution in [3.8, 4) is 0 Å². The van der Waals surface area contributed by atoms with E-state index in [2.05, 4.69) is 26.2 Å². The van der Waals surface area contributed by atoms with Crippen LogP contribution in [0.25, 0.3) is 0 Å². The molecule has 1 amide bonds. The van der Waals surface area contributed by atoms with Crippen molar-refractivity contribution in [3.63, 3.8) is 0 Å². The Morgan fingerprint density at radius 2 is 1.87 bits per heavy atom. The molecule has 0 aliphatic carbocycles. The number of nitrogens with one attached hydrogen (secondary N) is 2. The predicted molar refractivity (Wildman–Crippen MR) is 88.4 cm³/mol. The second-order valence-corrected chi connectivity index (χ2v) is 5.82. The minimum Gasteiger partial charge on any atom is -0.450 e. The number of anilines is 1. The first-order valence-electron chi connectivity index (χ1n) is 6.83. The SMILES string of the molecule is CC(=O)Nc1ccc(C(=O)C(C)OC(=O)c2cc(Br)c[nH]2)cc1. The van der Waals surface area contributed by atoms with Gasteiger partial charge in [0.25, 0.3) is 0 Å². The molecule has 2 rings (SSSR count). The number of Topliss-reactive ketones (excluding diaryl/α,β-unsaturated/α-hetero) is 1. The Balaban J connectivity index is 2.01. The van der Waals surface area contributed by atoms with Crippen LogP contribution in [0.15, 0.2) is 41.0 Å². The third-order valence-electron chi connectivity index (χ3n) is 3.01. The first-order valence-corrected chi connectivity index (χ1v) is 7.63. The minimum atomic E-state index is -0.920. The first-order chi connectivity index (χ1) is 10.9. The molecule has 23 heavy (non-hydrogen) atoms. The third-order valence-corrected chi connectivity index (χ3v) is 3.47. The molecule has 0 fully saturated rings. The molecule has 1 aromatic heterocycles. The lowest BCUT2D eigenvalue weighted by Gasteiger charge is -2.12. The molecule has 1 unspecified atom stereocenters. The number of H-pyrrole nitrogens is 1. The maximum atomic E-state index is 12.3. The summed E-state index contributed by atoms with van der Waals surface area (Å²) in [6.07, 6.45) is 0.681. The number of ether oxygens (including phenoxy) is 1. The first kappa shape index (κ1) is 17.0. The summed E-state index contributed by atoms with van der Waals surface area (Å²) in [6.45, 7) is 2.92. The van der Waals surface area contributed by atoms with E-state index >= 15 is 0 Å². The van der Waals surface area contributed by atoms with Gasteiger partial charge in [0.1, 0.15) is 5.69 Å². The quantitative estimate of drug-likeness (QED) is 0.617. The highest BCUT2D eigenvalue weighted by Crippen LogP contribution is 2.15. The van der Waals surface area contributed by atoms with Crippen LogP contribution in [0.1, 0.15) is 34.7 Å². The molecule has 0 saturated carbocycles. The van der Waals surface area contributed by atoms with Crippen molar-refractivity contribution in [1.29, 1.82) is 0 Å². The molecule has 1 heterocycles. The third kappa shape index (κ3) is 4.53. The summed E-state index contributed by atoms with van der Waals surface area (Å²) >= 11 is 3.22. The highest BCUT2D eigenvalue weighted by atomic mass is 79.9. The van der Waals surface area contributed by atoms with E-state index in [-0.39, 0.29) is 17.4 Å². The molecule has 0 aliphatic heterocycles. The van der Waals surface area contributed by atoms with Gasteiger partial charge in [-0.1, -0.05) is 0 Å². The van der Waals surface area contributed by atoms with Crippen molar-refractivity contribution in [1.82, 2.24) is 4.98 Å². The van der Waals surface area contributed by atoms with Crippen molar-refractivity contribution >= 4 is 39.3 Å². The summed E-state index contributed by atoms with van der Waals surface area (Å²) in [6, 6.07) is 7.95. The fraction of sp³-hybridized carbons (Fsp3) is 0.188. The van der Waals surface area contributed by atoms with Gasteiger partial charge in [-0.15, -0.1) is 0 Å². The number of aromatic nitrogens is 1. The Bertz CT molecular complexity index is 737. The Kier molecular flexibility index (Phi) is 5.33. The zero-order valence-corrected chi connectivity index (χ0v) is 14.1. The van der Waals surface area contributed by atoms with Crippen LogP contribution in [0.5, 0.6) is 0 Å². The number of aromatic amines is 1. The summed E-state index contributed by atoms with van der Waals surface area (Å²) in [5, 5.41) is 2.61. The van der Waals surface area contributed by atoms with Crippen LogP contribution in [0.2, 0.25) is 0 Å². The van der Waals surface area contributed by atoms with Crippen LogP contribution in [-0.2, 0) is 9.53 Å².